The van der Waals surface area contributed by atoms with E-state index in [9.17, 15) is 14.3 Å². The van der Waals surface area contributed by atoms with Crippen LogP contribution in [0.1, 0.15) is 24.1 Å². The first kappa shape index (κ1) is 16.1. The summed E-state index contributed by atoms with van der Waals surface area (Å²) in [6.45, 7) is 5.17. The Morgan fingerprint density at radius 2 is 2.08 bits per heavy atom. The lowest BCUT2D eigenvalue weighted by Gasteiger charge is -2.21. The summed E-state index contributed by atoms with van der Waals surface area (Å²) in [6.07, 6.45) is 0. The molecule has 1 fully saturated rings. The van der Waals surface area contributed by atoms with Crippen molar-refractivity contribution < 1.29 is 14.3 Å². The van der Waals surface area contributed by atoms with Gasteiger partial charge in [-0.2, -0.15) is 0 Å². The number of hydrogen-bond acceptors (Lipinski definition) is 3. The summed E-state index contributed by atoms with van der Waals surface area (Å²) >= 11 is 0. The van der Waals surface area contributed by atoms with E-state index in [-0.39, 0.29) is 17.8 Å². The molecule has 24 heavy (non-hydrogen) atoms. The third-order valence-electron chi connectivity index (χ3n) is 4.21. The number of carbonyl (C=O) groups excluding carboxylic acids is 1. The van der Waals surface area contributed by atoms with E-state index in [1.165, 1.54) is 12.1 Å². The van der Waals surface area contributed by atoms with E-state index in [4.69, 9.17) is 0 Å². The molecule has 0 saturated carbocycles. The number of urea groups is 1. The summed E-state index contributed by atoms with van der Waals surface area (Å²) in [5.41, 5.74) is 3.51. The largest absolute Gasteiger partial charge is 0.505 e. The van der Waals surface area contributed by atoms with E-state index in [1.54, 1.807) is 11.0 Å². The summed E-state index contributed by atoms with van der Waals surface area (Å²) in [4.78, 5) is 13.6. The number of phenols is 1. The van der Waals surface area contributed by atoms with Crippen LogP contribution in [0.5, 0.6) is 5.75 Å². The Balaban J connectivity index is 1.82. The lowest BCUT2D eigenvalue weighted by Crippen LogP contribution is -2.28. The monoisotopic (exact) mass is 329 g/mol. The van der Waals surface area contributed by atoms with Crippen molar-refractivity contribution in [3.05, 3.63) is 53.3 Å². The van der Waals surface area contributed by atoms with Crippen LogP contribution in [0.25, 0.3) is 0 Å². The van der Waals surface area contributed by atoms with Crippen LogP contribution in [-0.4, -0.2) is 24.2 Å². The third kappa shape index (κ3) is 3.13. The molecule has 3 N–H and O–H groups in total. The molecule has 2 aromatic rings. The van der Waals surface area contributed by atoms with E-state index in [0.717, 1.165) is 22.5 Å². The van der Waals surface area contributed by atoms with Crippen LogP contribution in [0.2, 0.25) is 0 Å². The predicted octanol–water partition coefficient (Wildman–Crippen LogP) is 3.54. The molecule has 1 aliphatic heterocycles. The topological polar surface area (TPSA) is 64.6 Å². The number of aryl methyl sites for hydroxylation is 1. The van der Waals surface area contributed by atoms with Gasteiger partial charge in [0.2, 0.25) is 0 Å². The average Bonchev–Trinajstić information content (AvgIpc) is 2.97. The van der Waals surface area contributed by atoms with Gasteiger partial charge in [-0.3, -0.25) is 4.90 Å². The van der Waals surface area contributed by atoms with Crippen LogP contribution in [0, 0.1) is 12.7 Å². The SMILES string of the molecule is Cc1ccc(NC(C)c2ccc(F)c(O)c2)cc1N1CCNC1=O. The molecule has 3 rings (SSSR count). The molecule has 1 aliphatic rings. The first-order valence-electron chi connectivity index (χ1n) is 7.86. The van der Waals surface area contributed by atoms with Crippen molar-refractivity contribution in [1.82, 2.24) is 5.32 Å². The second-order valence-electron chi connectivity index (χ2n) is 5.96. The highest BCUT2D eigenvalue weighted by Gasteiger charge is 2.23. The highest BCUT2D eigenvalue weighted by atomic mass is 19.1. The lowest BCUT2D eigenvalue weighted by molar-refractivity contribution is 0.252. The zero-order valence-corrected chi connectivity index (χ0v) is 13.6. The molecule has 0 bridgehead atoms. The average molecular weight is 329 g/mol. The molecule has 1 saturated heterocycles. The number of carbonyl (C=O) groups is 1. The van der Waals surface area contributed by atoms with Gasteiger partial charge in [0.15, 0.2) is 11.6 Å². The first-order chi connectivity index (χ1) is 11.5. The zero-order valence-electron chi connectivity index (χ0n) is 13.6. The summed E-state index contributed by atoms with van der Waals surface area (Å²) < 4.78 is 13.2. The van der Waals surface area contributed by atoms with Gasteiger partial charge in [0.05, 0.1) is 5.69 Å². The zero-order chi connectivity index (χ0) is 17.3. The molecule has 2 amide bonds. The fraction of sp³-hybridized carbons (Fsp3) is 0.278. The number of nitrogens with zero attached hydrogens (tertiary/aromatic N) is 1. The summed E-state index contributed by atoms with van der Waals surface area (Å²) in [5, 5.41) is 15.6. The van der Waals surface area contributed by atoms with Crippen LogP contribution >= 0.6 is 0 Å². The predicted molar refractivity (Wildman–Crippen MR) is 92.0 cm³/mol. The number of amides is 2. The number of halogens is 1. The van der Waals surface area contributed by atoms with Gasteiger partial charge in [-0.15, -0.1) is 0 Å². The van der Waals surface area contributed by atoms with Gasteiger partial charge < -0.3 is 15.7 Å². The molecule has 1 unspecified atom stereocenters. The fourth-order valence-corrected chi connectivity index (χ4v) is 2.82. The molecule has 126 valence electrons. The molecule has 6 heteroatoms. The van der Waals surface area contributed by atoms with Crippen molar-refractivity contribution in [2.45, 2.75) is 19.9 Å². The quantitative estimate of drug-likeness (QED) is 0.804. The van der Waals surface area contributed by atoms with E-state index in [0.29, 0.717) is 13.1 Å². The molecule has 2 aromatic carbocycles. The van der Waals surface area contributed by atoms with Gasteiger partial charge in [0, 0.05) is 24.8 Å². The second-order valence-corrected chi connectivity index (χ2v) is 5.96. The minimum Gasteiger partial charge on any atom is -0.505 e. The Bertz CT molecular complexity index is 779. The molecule has 0 spiro atoms. The lowest BCUT2D eigenvalue weighted by atomic mass is 10.1. The van der Waals surface area contributed by atoms with Crippen molar-refractivity contribution in [3.8, 4) is 5.75 Å². The third-order valence-corrected chi connectivity index (χ3v) is 4.21. The Morgan fingerprint density at radius 3 is 2.75 bits per heavy atom. The van der Waals surface area contributed by atoms with Crippen LogP contribution in [0.4, 0.5) is 20.6 Å². The van der Waals surface area contributed by atoms with E-state index in [2.05, 4.69) is 10.6 Å². The number of nitrogens with one attached hydrogen (secondary N) is 2. The first-order valence-corrected chi connectivity index (χ1v) is 7.86. The number of phenolic OH excluding ortho intramolecular Hbond substituents is 1. The van der Waals surface area contributed by atoms with Crippen molar-refractivity contribution in [1.29, 1.82) is 0 Å². The van der Waals surface area contributed by atoms with Crippen molar-refractivity contribution in [2.24, 2.45) is 0 Å². The maximum Gasteiger partial charge on any atom is 0.322 e. The van der Waals surface area contributed by atoms with Crippen LogP contribution < -0.4 is 15.5 Å². The summed E-state index contributed by atoms with van der Waals surface area (Å²) in [6, 6.07) is 9.90. The Kier molecular flexibility index (Phi) is 4.29. The van der Waals surface area contributed by atoms with Crippen LogP contribution in [0.15, 0.2) is 36.4 Å². The van der Waals surface area contributed by atoms with E-state index < -0.39 is 5.82 Å². The molecule has 0 radical (unpaired) electrons. The Hall–Kier alpha value is -2.76. The molecule has 0 aliphatic carbocycles. The van der Waals surface area contributed by atoms with Gasteiger partial charge in [-0.1, -0.05) is 12.1 Å². The maximum absolute atomic E-state index is 13.2. The second kappa shape index (κ2) is 6.39. The number of benzene rings is 2. The van der Waals surface area contributed by atoms with Gasteiger partial charge in [-0.25, -0.2) is 9.18 Å². The smallest absolute Gasteiger partial charge is 0.322 e. The van der Waals surface area contributed by atoms with Gasteiger partial charge in [-0.05, 0) is 49.2 Å². The van der Waals surface area contributed by atoms with Crippen molar-refractivity contribution >= 4 is 17.4 Å². The summed E-state index contributed by atoms with van der Waals surface area (Å²) in [7, 11) is 0. The fourth-order valence-electron chi connectivity index (χ4n) is 2.82. The van der Waals surface area contributed by atoms with Gasteiger partial charge in [0.1, 0.15) is 0 Å². The molecular formula is C18H20FN3O2. The molecule has 1 atom stereocenters. The van der Waals surface area contributed by atoms with E-state index in [1.807, 2.05) is 32.0 Å². The van der Waals surface area contributed by atoms with Gasteiger partial charge in [0.25, 0.3) is 0 Å². The Labute approximate surface area is 140 Å². The van der Waals surface area contributed by atoms with Crippen LogP contribution in [0.3, 0.4) is 0 Å². The normalized spacial score (nSPS) is 15.3. The van der Waals surface area contributed by atoms with Crippen LogP contribution in [-0.2, 0) is 0 Å². The molecule has 5 nitrogen and oxygen atoms in total. The standard InChI is InChI=1S/C18H20FN3O2/c1-11-3-5-14(10-16(11)22-8-7-20-18(22)24)21-12(2)13-4-6-15(19)17(23)9-13/h3-6,9-10,12,21,23H,7-8H2,1-2H3,(H,20,24). The van der Waals surface area contributed by atoms with E-state index >= 15 is 0 Å². The highest BCUT2D eigenvalue weighted by molar-refractivity contribution is 5.95. The maximum atomic E-state index is 13.2. The molecule has 1 heterocycles. The Morgan fingerprint density at radius 1 is 1.29 bits per heavy atom. The minimum absolute atomic E-state index is 0.0910. The number of aromatic hydroxyl groups is 1. The number of hydrogen-bond donors (Lipinski definition) is 3. The number of rotatable bonds is 4. The molecule has 0 aromatic heterocycles. The minimum atomic E-state index is -0.636. The highest BCUT2D eigenvalue weighted by Crippen LogP contribution is 2.29. The summed E-state index contributed by atoms with van der Waals surface area (Å²) in [5.74, 6) is -0.997. The van der Waals surface area contributed by atoms with Gasteiger partial charge >= 0.3 is 6.03 Å². The van der Waals surface area contributed by atoms with Crippen molar-refractivity contribution in [2.75, 3.05) is 23.3 Å². The van der Waals surface area contributed by atoms with Crippen molar-refractivity contribution in [3.63, 3.8) is 0 Å². The number of anilines is 2. The molecular weight excluding hydrogens is 309 g/mol.